The van der Waals surface area contributed by atoms with Crippen molar-refractivity contribution < 1.29 is 24.3 Å². The van der Waals surface area contributed by atoms with E-state index >= 15 is 0 Å². The van der Waals surface area contributed by atoms with Crippen LogP contribution in [0.15, 0.2) is 12.1 Å². The van der Waals surface area contributed by atoms with Crippen LogP contribution in [0, 0.1) is 0 Å². The molecule has 1 aromatic carbocycles. The molecule has 6 heteroatoms. The van der Waals surface area contributed by atoms with Crippen LogP contribution in [-0.4, -0.2) is 37.7 Å². The average molecular weight is 210 g/mol. The van der Waals surface area contributed by atoms with Crippen molar-refractivity contribution in [2.75, 3.05) is 14.2 Å². The first kappa shape index (κ1) is 11.5. The Balaban J connectivity index is 3.33. The van der Waals surface area contributed by atoms with E-state index in [1.54, 1.807) is 0 Å². The Morgan fingerprint density at radius 3 is 2.20 bits per heavy atom. The lowest BCUT2D eigenvalue weighted by atomic mass is 9.79. The number of rotatable bonds is 4. The van der Waals surface area contributed by atoms with Gasteiger partial charge >= 0.3 is 7.12 Å². The summed E-state index contributed by atoms with van der Waals surface area (Å²) in [6.45, 7) is 0. The van der Waals surface area contributed by atoms with Gasteiger partial charge in [0.2, 0.25) is 0 Å². The van der Waals surface area contributed by atoms with E-state index in [0.717, 1.165) is 0 Å². The summed E-state index contributed by atoms with van der Waals surface area (Å²) in [5, 5.41) is 18.1. The lowest BCUT2D eigenvalue weighted by Crippen LogP contribution is -2.31. The molecule has 0 unspecified atom stereocenters. The smallest absolute Gasteiger partial charge is 0.492 e. The molecule has 0 bridgehead atoms. The monoisotopic (exact) mass is 210 g/mol. The van der Waals surface area contributed by atoms with E-state index in [1.807, 2.05) is 0 Å². The Morgan fingerprint density at radius 2 is 1.80 bits per heavy atom. The first-order valence-corrected chi connectivity index (χ1v) is 4.21. The van der Waals surface area contributed by atoms with Gasteiger partial charge in [-0.15, -0.1) is 0 Å². The average Bonchev–Trinajstić information content (AvgIpc) is 2.26. The fraction of sp³-hybridized carbons (Fsp3) is 0.222. The summed E-state index contributed by atoms with van der Waals surface area (Å²) >= 11 is 0. The maximum Gasteiger partial charge on any atom is 0.492 e. The number of hydrogen-bond donors (Lipinski definition) is 2. The summed E-state index contributed by atoms with van der Waals surface area (Å²) in [5.41, 5.74) is 0.443. The SMILES string of the molecule is COc1cc(B(O)O)c(OC)cc1C=O. The first-order valence-electron chi connectivity index (χ1n) is 4.21. The summed E-state index contributed by atoms with van der Waals surface area (Å²) in [7, 11) is 1.10. The molecular formula is C9H11BO5. The van der Waals surface area contributed by atoms with Gasteiger partial charge in [0.05, 0.1) is 19.8 Å². The van der Waals surface area contributed by atoms with Gasteiger partial charge < -0.3 is 19.5 Å². The number of benzene rings is 1. The highest BCUT2D eigenvalue weighted by atomic mass is 16.5. The zero-order valence-electron chi connectivity index (χ0n) is 8.43. The van der Waals surface area contributed by atoms with Crippen LogP contribution >= 0.6 is 0 Å². The first-order chi connectivity index (χ1) is 7.13. The second-order valence-electron chi connectivity index (χ2n) is 2.83. The molecule has 2 N–H and O–H groups in total. The summed E-state index contributed by atoms with van der Waals surface area (Å²) in [5.74, 6) is 0.502. The second-order valence-corrected chi connectivity index (χ2v) is 2.83. The maximum absolute atomic E-state index is 10.7. The Labute approximate surface area is 87.4 Å². The van der Waals surface area contributed by atoms with Gasteiger partial charge in [0.15, 0.2) is 6.29 Å². The largest absolute Gasteiger partial charge is 0.497 e. The fourth-order valence-corrected chi connectivity index (χ4v) is 1.24. The summed E-state index contributed by atoms with van der Waals surface area (Å²) in [6, 6.07) is 2.74. The molecule has 0 spiro atoms. The Bertz CT molecular complexity index is 364. The van der Waals surface area contributed by atoms with Crippen LogP contribution in [0.3, 0.4) is 0 Å². The van der Waals surface area contributed by atoms with E-state index in [1.165, 1.54) is 26.4 Å². The molecule has 0 heterocycles. The van der Waals surface area contributed by atoms with Crippen LogP contribution in [0.5, 0.6) is 11.5 Å². The van der Waals surface area contributed by atoms with E-state index in [0.29, 0.717) is 11.8 Å². The molecular weight excluding hydrogens is 199 g/mol. The normalized spacial score (nSPS) is 9.60. The Kier molecular flexibility index (Phi) is 3.71. The quantitative estimate of drug-likeness (QED) is 0.502. The number of methoxy groups -OCH3 is 2. The number of carbonyl (C=O) groups is 1. The van der Waals surface area contributed by atoms with Crippen molar-refractivity contribution in [2.45, 2.75) is 0 Å². The fourth-order valence-electron chi connectivity index (χ4n) is 1.24. The number of ether oxygens (including phenoxy) is 2. The van der Waals surface area contributed by atoms with Gasteiger partial charge in [-0.3, -0.25) is 4.79 Å². The molecule has 0 aliphatic rings. The summed E-state index contributed by atoms with van der Waals surface area (Å²) in [6.07, 6.45) is 0.606. The van der Waals surface area contributed by atoms with Crippen molar-refractivity contribution in [1.29, 1.82) is 0 Å². The van der Waals surface area contributed by atoms with Crippen LogP contribution in [0.2, 0.25) is 0 Å². The van der Waals surface area contributed by atoms with Crippen molar-refractivity contribution >= 4 is 18.9 Å². The standard InChI is InChI=1S/C9H11BO5/c1-14-8-4-7(10(12)13)9(15-2)3-6(8)5-11/h3-5,12-13H,1-2H3. The summed E-state index contributed by atoms with van der Waals surface area (Å²) in [4.78, 5) is 10.7. The topological polar surface area (TPSA) is 76.0 Å². The molecule has 0 aliphatic carbocycles. The molecule has 80 valence electrons. The third-order valence-corrected chi connectivity index (χ3v) is 1.99. The minimum absolute atomic E-state index is 0.153. The van der Waals surface area contributed by atoms with E-state index < -0.39 is 7.12 Å². The number of hydrogen-bond acceptors (Lipinski definition) is 5. The van der Waals surface area contributed by atoms with Crippen molar-refractivity contribution in [1.82, 2.24) is 0 Å². The van der Waals surface area contributed by atoms with Gasteiger partial charge in [-0.1, -0.05) is 0 Å². The van der Waals surface area contributed by atoms with E-state index in [-0.39, 0.29) is 17.0 Å². The van der Waals surface area contributed by atoms with Crippen molar-refractivity contribution in [3.05, 3.63) is 17.7 Å². The summed E-state index contributed by atoms with van der Waals surface area (Å²) < 4.78 is 9.83. The van der Waals surface area contributed by atoms with Gasteiger partial charge in [-0.05, 0) is 12.1 Å². The predicted molar refractivity (Wildman–Crippen MR) is 54.8 cm³/mol. The van der Waals surface area contributed by atoms with Crippen LogP contribution in [0.4, 0.5) is 0 Å². The van der Waals surface area contributed by atoms with Gasteiger partial charge in [0.1, 0.15) is 11.5 Å². The Morgan fingerprint density at radius 1 is 1.20 bits per heavy atom. The molecule has 0 radical (unpaired) electrons. The van der Waals surface area contributed by atoms with Gasteiger partial charge in [0.25, 0.3) is 0 Å². The van der Waals surface area contributed by atoms with Crippen LogP contribution in [0.1, 0.15) is 10.4 Å². The Hall–Kier alpha value is -1.53. The molecule has 5 nitrogen and oxygen atoms in total. The molecule has 15 heavy (non-hydrogen) atoms. The van der Waals surface area contributed by atoms with Crippen LogP contribution < -0.4 is 14.9 Å². The predicted octanol–water partition coefficient (Wildman–Crippen LogP) is -0.804. The molecule has 0 aromatic heterocycles. The van der Waals surface area contributed by atoms with E-state index in [9.17, 15) is 4.79 Å². The highest BCUT2D eigenvalue weighted by Crippen LogP contribution is 2.20. The number of aldehydes is 1. The molecule has 0 saturated heterocycles. The minimum atomic E-state index is -1.67. The lowest BCUT2D eigenvalue weighted by Gasteiger charge is -2.11. The zero-order chi connectivity index (χ0) is 11.4. The van der Waals surface area contributed by atoms with Crippen LogP contribution in [0.25, 0.3) is 0 Å². The molecule has 0 aliphatic heterocycles. The second kappa shape index (κ2) is 4.81. The van der Waals surface area contributed by atoms with Gasteiger partial charge in [-0.25, -0.2) is 0 Å². The van der Waals surface area contributed by atoms with Crippen molar-refractivity contribution in [2.24, 2.45) is 0 Å². The van der Waals surface area contributed by atoms with Crippen molar-refractivity contribution in [3.63, 3.8) is 0 Å². The molecule has 0 fully saturated rings. The van der Waals surface area contributed by atoms with Gasteiger partial charge in [-0.2, -0.15) is 0 Å². The van der Waals surface area contributed by atoms with Crippen molar-refractivity contribution in [3.8, 4) is 11.5 Å². The highest BCUT2D eigenvalue weighted by Gasteiger charge is 2.20. The molecule has 0 amide bonds. The molecule has 1 aromatic rings. The highest BCUT2D eigenvalue weighted by molar-refractivity contribution is 6.59. The minimum Gasteiger partial charge on any atom is -0.497 e. The van der Waals surface area contributed by atoms with Crippen LogP contribution in [-0.2, 0) is 0 Å². The van der Waals surface area contributed by atoms with Gasteiger partial charge in [0, 0.05) is 5.46 Å². The third kappa shape index (κ3) is 2.29. The van der Waals surface area contributed by atoms with E-state index in [2.05, 4.69) is 0 Å². The van der Waals surface area contributed by atoms with E-state index in [4.69, 9.17) is 19.5 Å². The lowest BCUT2D eigenvalue weighted by molar-refractivity contribution is 0.112. The third-order valence-electron chi connectivity index (χ3n) is 1.99. The molecule has 1 rings (SSSR count). The molecule has 0 atom stereocenters. The maximum atomic E-state index is 10.7. The zero-order valence-corrected chi connectivity index (χ0v) is 8.43. The number of carbonyl (C=O) groups excluding carboxylic acids is 1. The molecule has 0 saturated carbocycles.